The van der Waals surface area contributed by atoms with Gasteiger partial charge in [-0.1, -0.05) is 48.7 Å². The minimum absolute atomic E-state index is 0.220. The molecular formula is C21H18N4O2S. The summed E-state index contributed by atoms with van der Waals surface area (Å²) >= 11 is 1.54. The molecule has 0 bridgehead atoms. The van der Waals surface area contributed by atoms with Gasteiger partial charge in [0, 0.05) is 23.8 Å². The van der Waals surface area contributed by atoms with Crippen LogP contribution in [0.15, 0.2) is 77.5 Å². The van der Waals surface area contributed by atoms with Gasteiger partial charge in [0.05, 0.1) is 7.11 Å². The smallest absolute Gasteiger partial charge is 0.300 e. The van der Waals surface area contributed by atoms with Crippen LogP contribution in [0.25, 0.3) is 17.4 Å². The quantitative estimate of drug-likeness (QED) is 0.468. The fourth-order valence-electron chi connectivity index (χ4n) is 2.81. The van der Waals surface area contributed by atoms with Crippen molar-refractivity contribution in [3.8, 4) is 11.4 Å². The first kappa shape index (κ1) is 18.1. The van der Waals surface area contributed by atoms with Gasteiger partial charge in [-0.15, -0.1) is 10.2 Å². The topological polar surface area (TPSA) is 61.4 Å². The van der Waals surface area contributed by atoms with Gasteiger partial charge < -0.3 is 4.74 Å². The molecule has 0 aliphatic carbocycles. The van der Waals surface area contributed by atoms with Crippen molar-refractivity contribution in [3.05, 3.63) is 89.0 Å². The van der Waals surface area contributed by atoms with Crippen molar-refractivity contribution in [3.63, 3.8) is 0 Å². The molecule has 28 heavy (non-hydrogen) atoms. The lowest BCUT2D eigenvalue weighted by Crippen LogP contribution is -2.20. The zero-order valence-electron chi connectivity index (χ0n) is 15.3. The number of thioether (sulfide) groups is 1. The molecule has 0 aliphatic heterocycles. The molecule has 2 aromatic heterocycles. The standard InChI is InChI=1S/C21H18N4O2S/c1-3-15-4-6-16(7-5-15)14-28-21-23-22-19-20(26)24(12-13-25(19)21)17-8-10-18(27-2)11-9-17/h3-13H,1,14H2,2H3. The number of nitrogens with zero attached hydrogens (tertiary/aromatic N) is 4. The van der Waals surface area contributed by atoms with Crippen LogP contribution in [0.4, 0.5) is 0 Å². The lowest BCUT2D eigenvalue weighted by Gasteiger charge is -2.07. The van der Waals surface area contributed by atoms with Crippen molar-refractivity contribution >= 4 is 23.5 Å². The number of rotatable bonds is 6. The van der Waals surface area contributed by atoms with Crippen molar-refractivity contribution in [2.45, 2.75) is 10.9 Å². The second-order valence-electron chi connectivity index (χ2n) is 6.08. The molecule has 0 atom stereocenters. The average Bonchev–Trinajstić information content (AvgIpc) is 3.17. The maximum atomic E-state index is 12.8. The third-order valence-electron chi connectivity index (χ3n) is 4.37. The Kier molecular flexibility index (Phi) is 4.99. The third kappa shape index (κ3) is 3.44. The lowest BCUT2D eigenvalue weighted by molar-refractivity contribution is 0.414. The highest BCUT2D eigenvalue weighted by Gasteiger charge is 2.12. The van der Waals surface area contributed by atoms with E-state index in [0.717, 1.165) is 22.8 Å². The Morgan fingerprint density at radius 3 is 2.50 bits per heavy atom. The van der Waals surface area contributed by atoms with E-state index in [4.69, 9.17) is 4.74 Å². The highest BCUT2D eigenvalue weighted by molar-refractivity contribution is 7.98. The molecule has 6 nitrogen and oxygen atoms in total. The fraction of sp³-hybridized carbons (Fsp3) is 0.0952. The van der Waals surface area contributed by atoms with E-state index in [2.05, 4.69) is 28.9 Å². The predicted octanol–water partition coefficient (Wildman–Crippen LogP) is 3.82. The van der Waals surface area contributed by atoms with Crippen LogP contribution in [0, 0.1) is 0 Å². The summed E-state index contributed by atoms with van der Waals surface area (Å²) in [5, 5.41) is 8.97. The summed E-state index contributed by atoms with van der Waals surface area (Å²) in [6, 6.07) is 15.5. The van der Waals surface area contributed by atoms with Crippen molar-refractivity contribution < 1.29 is 4.74 Å². The second kappa shape index (κ2) is 7.74. The van der Waals surface area contributed by atoms with Gasteiger partial charge in [0.2, 0.25) is 5.65 Å². The number of hydrogen-bond donors (Lipinski definition) is 0. The summed E-state index contributed by atoms with van der Waals surface area (Å²) in [7, 11) is 1.61. The average molecular weight is 390 g/mol. The van der Waals surface area contributed by atoms with E-state index in [0.29, 0.717) is 10.8 Å². The van der Waals surface area contributed by atoms with Gasteiger partial charge in [0.25, 0.3) is 0 Å². The van der Waals surface area contributed by atoms with Crippen LogP contribution in [0.1, 0.15) is 11.1 Å². The number of benzene rings is 2. The van der Waals surface area contributed by atoms with Crippen LogP contribution in [0.2, 0.25) is 0 Å². The first-order valence-electron chi connectivity index (χ1n) is 8.64. The van der Waals surface area contributed by atoms with Crippen molar-refractivity contribution in [2.75, 3.05) is 7.11 Å². The molecular weight excluding hydrogens is 372 g/mol. The maximum Gasteiger partial charge on any atom is 0.300 e. The Morgan fingerprint density at radius 2 is 1.82 bits per heavy atom. The van der Waals surface area contributed by atoms with Gasteiger partial charge >= 0.3 is 5.56 Å². The van der Waals surface area contributed by atoms with Crippen LogP contribution in [-0.4, -0.2) is 26.3 Å². The molecule has 4 aromatic rings. The normalized spacial score (nSPS) is 10.9. The largest absolute Gasteiger partial charge is 0.497 e. The molecule has 0 fully saturated rings. The summed E-state index contributed by atoms with van der Waals surface area (Å²) < 4.78 is 8.44. The van der Waals surface area contributed by atoms with Gasteiger partial charge in [-0.05, 0) is 35.4 Å². The SMILES string of the molecule is C=Cc1ccc(CSc2nnc3c(=O)n(-c4ccc(OC)cc4)ccn23)cc1. The van der Waals surface area contributed by atoms with Crippen LogP contribution < -0.4 is 10.3 Å². The minimum atomic E-state index is -0.220. The minimum Gasteiger partial charge on any atom is -0.497 e. The van der Waals surface area contributed by atoms with Gasteiger partial charge in [-0.3, -0.25) is 13.8 Å². The van der Waals surface area contributed by atoms with Gasteiger partial charge in [0.15, 0.2) is 5.16 Å². The first-order chi connectivity index (χ1) is 13.7. The molecule has 0 aliphatic rings. The summed E-state index contributed by atoms with van der Waals surface area (Å²) in [5.74, 6) is 1.47. The van der Waals surface area contributed by atoms with Crippen LogP contribution >= 0.6 is 11.8 Å². The number of hydrogen-bond acceptors (Lipinski definition) is 5. The van der Waals surface area contributed by atoms with Crippen molar-refractivity contribution in [2.24, 2.45) is 0 Å². The van der Waals surface area contributed by atoms with Crippen molar-refractivity contribution in [1.29, 1.82) is 0 Å². The Bertz CT molecular complexity index is 1180. The zero-order valence-corrected chi connectivity index (χ0v) is 16.1. The van der Waals surface area contributed by atoms with E-state index >= 15 is 0 Å². The first-order valence-corrected chi connectivity index (χ1v) is 9.63. The fourth-order valence-corrected chi connectivity index (χ4v) is 3.68. The predicted molar refractivity (Wildman–Crippen MR) is 111 cm³/mol. The maximum absolute atomic E-state index is 12.8. The van der Waals surface area contributed by atoms with Crippen LogP contribution in [0.5, 0.6) is 5.75 Å². The summed E-state index contributed by atoms with van der Waals surface area (Å²) in [5.41, 5.74) is 3.07. The molecule has 7 heteroatoms. The number of fused-ring (bicyclic) bond motifs is 1. The third-order valence-corrected chi connectivity index (χ3v) is 5.39. The molecule has 2 heterocycles. The summed E-state index contributed by atoms with van der Waals surface area (Å²) in [4.78, 5) is 12.8. The van der Waals surface area contributed by atoms with Crippen LogP contribution in [-0.2, 0) is 5.75 Å². The number of aromatic nitrogens is 4. The van der Waals surface area contributed by atoms with E-state index in [1.54, 1.807) is 22.3 Å². The molecule has 4 rings (SSSR count). The Hall–Kier alpha value is -3.32. The van der Waals surface area contributed by atoms with E-state index < -0.39 is 0 Å². The van der Waals surface area contributed by atoms with Crippen LogP contribution in [0.3, 0.4) is 0 Å². The molecule has 0 unspecified atom stereocenters. The lowest BCUT2D eigenvalue weighted by atomic mass is 10.1. The molecule has 0 radical (unpaired) electrons. The Morgan fingerprint density at radius 1 is 1.07 bits per heavy atom. The summed E-state index contributed by atoms with van der Waals surface area (Å²) in [6.45, 7) is 3.76. The second-order valence-corrected chi connectivity index (χ2v) is 7.02. The molecule has 0 amide bonds. The zero-order chi connectivity index (χ0) is 19.5. The van der Waals surface area contributed by atoms with Gasteiger partial charge in [-0.25, -0.2) is 0 Å². The Labute approximate surface area is 166 Å². The van der Waals surface area contributed by atoms with E-state index in [1.165, 1.54) is 17.3 Å². The summed E-state index contributed by atoms with van der Waals surface area (Å²) in [6.07, 6.45) is 5.35. The van der Waals surface area contributed by atoms with E-state index in [-0.39, 0.29) is 5.56 Å². The highest BCUT2D eigenvalue weighted by atomic mass is 32.2. The molecule has 2 aromatic carbocycles. The number of methoxy groups -OCH3 is 1. The molecule has 0 spiro atoms. The number of ether oxygens (including phenoxy) is 1. The van der Waals surface area contributed by atoms with Gasteiger partial charge in [0.1, 0.15) is 5.75 Å². The van der Waals surface area contributed by atoms with Crippen molar-refractivity contribution in [1.82, 2.24) is 19.2 Å². The molecule has 0 N–H and O–H groups in total. The van der Waals surface area contributed by atoms with E-state index in [9.17, 15) is 4.79 Å². The highest BCUT2D eigenvalue weighted by Crippen LogP contribution is 2.22. The molecule has 0 saturated heterocycles. The van der Waals surface area contributed by atoms with Gasteiger partial charge in [-0.2, -0.15) is 0 Å². The molecule has 0 saturated carbocycles. The van der Waals surface area contributed by atoms with E-state index in [1.807, 2.05) is 48.7 Å². The Balaban J connectivity index is 1.60. The monoisotopic (exact) mass is 390 g/mol. The molecule has 140 valence electrons.